The molecule has 0 spiro atoms. The number of amides is 3. The standard InChI is InChI=1S/C13H26N8O5/c1-16-20-6-10(23)21-8(3-2-4-17-13(14)15)12(26)19-5-9(22)18-7-11(24)25/h8,16,20H,2-7H2,1H3,(H,18,22)(H,19,26)(H,21,23)(H,24,25)(H4,14,15,17)/t8-/m0/s1. The highest BCUT2D eigenvalue weighted by atomic mass is 16.4. The first-order chi connectivity index (χ1) is 12.3. The van der Waals surface area contributed by atoms with Crippen molar-refractivity contribution in [1.82, 2.24) is 32.1 Å². The SMILES string of the molecule is CNNCC(=O)N[C@@H](CCCNC(=N)N)C(=O)NCC(=O)NCC(=O)O. The maximum Gasteiger partial charge on any atom is 0.322 e. The normalized spacial score (nSPS) is 11.1. The molecule has 10 N–H and O–H groups in total. The van der Waals surface area contributed by atoms with Crippen LogP contribution in [0.4, 0.5) is 0 Å². The first kappa shape index (κ1) is 23.1. The Kier molecular flexibility index (Phi) is 11.9. The van der Waals surface area contributed by atoms with E-state index in [0.717, 1.165) is 0 Å². The van der Waals surface area contributed by atoms with E-state index in [0.29, 0.717) is 13.0 Å². The zero-order valence-electron chi connectivity index (χ0n) is 14.5. The van der Waals surface area contributed by atoms with Crippen molar-refractivity contribution in [2.75, 3.05) is 33.2 Å². The molecule has 0 aliphatic heterocycles. The van der Waals surface area contributed by atoms with Gasteiger partial charge in [0.1, 0.15) is 12.6 Å². The number of carbonyl (C=O) groups is 4. The summed E-state index contributed by atoms with van der Waals surface area (Å²) in [5, 5.41) is 25.1. The van der Waals surface area contributed by atoms with Gasteiger partial charge in [-0.05, 0) is 19.9 Å². The molecule has 0 saturated heterocycles. The Balaban J connectivity index is 4.50. The van der Waals surface area contributed by atoms with Gasteiger partial charge in [0.15, 0.2) is 5.96 Å². The number of carbonyl (C=O) groups excluding carboxylic acids is 3. The maximum absolute atomic E-state index is 12.2. The van der Waals surface area contributed by atoms with Gasteiger partial charge in [0.05, 0.1) is 13.1 Å². The summed E-state index contributed by atoms with van der Waals surface area (Å²) in [5.74, 6) is -3.10. The lowest BCUT2D eigenvalue weighted by molar-refractivity contribution is -0.138. The fraction of sp³-hybridized carbons (Fsp3) is 0.615. The number of nitrogens with two attached hydrogens (primary N) is 1. The molecule has 13 nitrogen and oxygen atoms in total. The van der Waals surface area contributed by atoms with Crippen LogP contribution in [0.15, 0.2) is 0 Å². The summed E-state index contributed by atoms with van der Waals surface area (Å²) in [4.78, 5) is 45.7. The van der Waals surface area contributed by atoms with Crippen LogP contribution in [0.3, 0.4) is 0 Å². The van der Waals surface area contributed by atoms with Gasteiger partial charge >= 0.3 is 5.97 Å². The smallest absolute Gasteiger partial charge is 0.322 e. The van der Waals surface area contributed by atoms with E-state index in [9.17, 15) is 19.2 Å². The van der Waals surface area contributed by atoms with Gasteiger partial charge in [-0.2, -0.15) is 0 Å². The monoisotopic (exact) mass is 374 g/mol. The number of guanidine groups is 1. The first-order valence-electron chi connectivity index (χ1n) is 7.79. The van der Waals surface area contributed by atoms with Crippen LogP contribution in [0.25, 0.3) is 0 Å². The summed E-state index contributed by atoms with van der Waals surface area (Å²) >= 11 is 0. The van der Waals surface area contributed by atoms with Gasteiger partial charge in [0, 0.05) is 6.54 Å². The average Bonchev–Trinajstić information content (AvgIpc) is 2.58. The van der Waals surface area contributed by atoms with Crippen molar-refractivity contribution < 1.29 is 24.3 Å². The highest BCUT2D eigenvalue weighted by Crippen LogP contribution is 1.97. The van der Waals surface area contributed by atoms with E-state index in [1.807, 2.05) is 0 Å². The van der Waals surface area contributed by atoms with Gasteiger partial charge in [0.2, 0.25) is 17.7 Å². The molecule has 0 rings (SSSR count). The van der Waals surface area contributed by atoms with Gasteiger partial charge in [-0.25, -0.2) is 5.43 Å². The Morgan fingerprint density at radius 3 is 2.31 bits per heavy atom. The van der Waals surface area contributed by atoms with Crippen molar-refractivity contribution >= 4 is 29.7 Å². The number of hydrogen-bond acceptors (Lipinski definition) is 7. The van der Waals surface area contributed by atoms with Crippen molar-refractivity contribution in [3.63, 3.8) is 0 Å². The second kappa shape index (κ2) is 13.4. The van der Waals surface area contributed by atoms with Crippen LogP contribution in [0.5, 0.6) is 0 Å². The van der Waals surface area contributed by atoms with Gasteiger partial charge < -0.3 is 32.1 Å². The van der Waals surface area contributed by atoms with E-state index >= 15 is 0 Å². The molecule has 3 amide bonds. The molecule has 0 unspecified atom stereocenters. The fourth-order valence-corrected chi connectivity index (χ4v) is 1.74. The quantitative estimate of drug-likeness (QED) is 0.0660. The molecule has 0 aromatic rings. The van der Waals surface area contributed by atoms with Crippen LogP contribution in [0.2, 0.25) is 0 Å². The molecule has 0 fully saturated rings. The predicted octanol–water partition coefficient (Wildman–Crippen LogP) is -4.22. The molecular weight excluding hydrogens is 348 g/mol. The van der Waals surface area contributed by atoms with Crippen LogP contribution in [-0.2, 0) is 19.2 Å². The van der Waals surface area contributed by atoms with Crippen LogP contribution in [-0.4, -0.2) is 74.0 Å². The molecule has 0 aromatic carbocycles. The summed E-state index contributed by atoms with van der Waals surface area (Å²) < 4.78 is 0. The molecule has 0 aliphatic carbocycles. The Morgan fingerprint density at radius 1 is 1.04 bits per heavy atom. The van der Waals surface area contributed by atoms with Crippen molar-refractivity contribution in [3.8, 4) is 0 Å². The van der Waals surface area contributed by atoms with Gasteiger partial charge in [0.25, 0.3) is 0 Å². The lowest BCUT2D eigenvalue weighted by Crippen LogP contribution is -2.51. The third-order valence-electron chi connectivity index (χ3n) is 2.92. The number of rotatable bonds is 13. The maximum atomic E-state index is 12.2. The summed E-state index contributed by atoms with van der Waals surface area (Å²) in [6, 6.07) is -0.901. The lowest BCUT2D eigenvalue weighted by Gasteiger charge is -2.18. The molecule has 0 heterocycles. The fourth-order valence-electron chi connectivity index (χ4n) is 1.74. The summed E-state index contributed by atoms with van der Waals surface area (Å²) in [6.45, 7) is -0.700. The van der Waals surface area contributed by atoms with Gasteiger partial charge in [-0.15, -0.1) is 0 Å². The van der Waals surface area contributed by atoms with Crippen LogP contribution in [0, 0.1) is 5.41 Å². The zero-order chi connectivity index (χ0) is 19.9. The Hall–Kier alpha value is -2.93. The summed E-state index contributed by atoms with van der Waals surface area (Å²) in [7, 11) is 1.58. The number of hydrogen-bond donors (Lipinski definition) is 9. The van der Waals surface area contributed by atoms with Crippen molar-refractivity contribution in [3.05, 3.63) is 0 Å². The lowest BCUT2D eigenvalue weighted by atomic mass is 10.1. The second-order valence-electron chi connectivity index (χ2n) is 5.09. The molecule has 148 valence electrons. The molecule has 1 atom stereocenters. The van der Waals surface area contributed by atoms with E-state index in [2.05, 4.69) is 32.1 Å². The Bertz CT molecular complexity index is 513. The van der Waals surface area contributed by atoms with Gasteiger partial charge in [-0.1, -0.05) is 0 Å². The van der Waals surface area contributed by atoms with Crippen molar-refractivity contribution in [2.45, 2.75) is 18.9 Å². The third kappa shape index (κ3) is 12.5. The summed E-state index contributed by atoms with van der Waals surface area (Å²) in [6.07, 6.45) is 0.677. The molecule has 0 aromatic heterocycles. The predicted molar refractivity (Wildman–Crippen MR) is 91.8 cm³/mol. The number of nitrogens with one attached hydrogen (secondary N) is 7. The third-order valence-corrected chi connectivity index (χ3v) is 2.92. The highest BCUT2D eigenvalue weighted by Gasteiger charge is 2.20. The Morgan fingerprint density at radius 2 is 1.73 bits per heavy atom. The van der Waals surface area contributed by atoms with Crippen LogP contribution < -0.4 is 37.9 Å². The van der Waals surface area contributed by atoms with Gasteiger partial charge in [-0.3, -0.25) is 30.0 Å². The number of carboxylic acid groups (broad SMARTS) is 1. The minimum atomic E-state index is -1.20. The molecule has 0 aliphatic rings. The number of aliphatic carboxylic acids is 1. The molecular formula is C13H26N8O5. The molecule has 13 heteroatoms. The van der Waals surface area contributed by atoms with E-state index < -0.39 is 42.8 Å². The minimum Gasteiger partial charge on any atom is -0.480 e. The van der Waals surface area contributed by atoms with Crippen LogP contribution in [0.1, 0.15) is 12.8 Å². The summed E-state index contributed by atoms with van der Waals surface area (Å²) in [5.41, 5.74) is 10.3. The van der Waals surface area contributed by atoms with E-state index in [4.69, 9.17) is 16.2 Å². The molecule has 26 heavy (non-hydrogen) atoms. The van der Waals surface area contributed by atoms with E-state index in [1.165, 1.54) is 0 Å². The zero-order valence-corrected chi connectivity index (χ0v) is 14.5. The first-order valence-corrected chi connectivity index (χ1v) is 7.79. The largest absolute Gasteiger partial charge is 0.480 e. The molecule has 0 saturated carbocycles. The second-order valence-corrected chi connectivity index (χ2v) is 5.09. The number of carboxylic acids is 1. The van der Waals surface area contributed by atoms with Crippen molar-refractivity contribution in [2.24, 2.45) is 5.73 Å². The van der Waals surface area contributed by atoms with E-state index in [1.54, 1.807) is 7.05 Å². The molecule has 0 radical (unpaired) electrons. The van der Waals surface area contributed by atoms with E-state index in [-0.39, 0.29) is 18.9 Å². The average molecular weight is 374 g/mol. The Labute approximate surface area is 150 Å². The van der Waals surface area contributed by atoms with Crippen molar-refractivity contribution in [1.29, 1.82) is 5.41 Å². The highest BCUT2D eigenvalue weighted by molar-refractivity contribution is 5.91. The minimum absolute atomic E-state index is 0.0644. The molecule has 0 bridgehead atoms. The topological polar surface area (TPSA) is 211 Å². The number of hydrazine groups is 1. The van der Waals surface area contributed by atoms with Crippen LogP contribution >= 0.6 is 0 Å².